The molecule has 150 valence electrons. The van der Waals surface area contributed by atoms with Crippen LogP contribution in [0.3, 0.4) is 0 Å². The third-order valence-electron chi connectivity index (χ3n) is 5.90. The van der Waals surface area contributed by atoms with Crippen molar-refractivity contribution < 1.29 is 9.53 Å². The molecular weight excluding hydrogens is 384 g/mol. The lowest BCUT2D eigenvalue weighted by Gasteiger charge is -2.21. The molecule has 2 aliphatic heterocycles. The molecule has 0 spiro atoms. The summed E-state index contributed by atoms with van der Waals surface area (Å²) in [4.78, 5) is 20.7. The zero-order valence-corrected chi connectivity index (χ0v) is 17.0. The number of nitrogens with zero attached hydrogens (tertiary/aromatic N) is 3. The average molecular weight is 409 g/mol. The van der Waals surface area contributed by atoms with Gasteiger partial charge in [0.2, 0.25) is 5.91 Å². The monoisotopic (exact) mass is 408 g/mol. The van der Waals surface area contributed by atoms with Crippen LogP contribution in [-0.2, 0) is 11.3 Å². The van der Waals surface area contributed by atoms with Gasteiger partial charge in [0.25, 0.3) is 5.19 Å². The highest BCUT2D eigenvalue weighted by Crippen LogP contribution is 2.33. The van der Waals surface area contributed by atoms with Crippen LogP contribution in [0.5, 0.6) is 10.9 Å². The molecule has 2 fully saturated rings. The minimum Gasteiger partial charge on any atom is -0.431 e. The van der Waals surface area contributed by atoms with Crippen molar-refractivity contribution in [3.8, 4) is 10.9 Å². The Balaban J connectivity index is 1.17. The van der Waals surface area contributed by atoms with E-state index in [1.807, 2.05) is 35.2 Å². The molecule has 7 heteroatoms. The van der Waals surface area contributed by atoms with Crippen LogP contribution in [0.15, 0.2) is 48.5 Å². The van der Waals surface area contributed by atoms with Crippen LogP contribution < -0.4 is 10.5 Å². The number of carbonyl (C=O) groups is 1. The Morgan fingerprint density at radius 1 is 1.07 bits per heavy atom. The molecule has 0 saturated carbocycles. The fourth-order valence-electron chi connectivity index (χ4n) is 4.47. The molecule has 1 aromatic heterocycles. The molecule has 5 rings (SSSR count). The lowest BCUT2D eigenvalue weighted by molar-refractivity contribution is -0.129. The summed E-state index contributed by atoms with van der Waals surface area (Å²) in [5.41, 5.74) is 7.74. The van der Waals surface area contributed by atoms with Crippen molar-refractivity contribution in [1.29, 1.82) is 0 Å². The van der Waals surface area contributed by atoms with Crippen molar-refractivity contribution in [2.75, 3.05) is 32.7 Å². The Kier molecular flexibility index (Phi) is 4.95. The van der Waals surface area contributed by atoms with Gasteiger partial charge in [-0.25, -0.2) is 4.98 Å². The van der Waals surface area contributed by atoms with Gasteiger partial charge in [-0.05, 0) is 41.7 Å². The van der Waals surface area contributed by atoms with Crippen molar-refractivity contribution in [3.05, 3.63) is 54.1 Å². The summed E-state index contributed by atoms with van der Waals surface area (Å²) in [5, 5.41) is 0.669. The number of hydrogen-bond donors (Lipinski definition) is 1. The van der Waals surface area contributed by atoms with Gasteiger partial charge in [0.05, 0.1) is 16.8 Å². The van der Waals surface area contributed by atoms with E-state index in [-0.39, 0.29) is 12.5 Å². The highest BCUT2D eigenvalue weighted by atomic mass is 32.1. The Labute approximate surface area is 173 Å². The first kappa shape index (κ1) is 18.5. The van der Waals surface area contributed by atoms with Crippen LogP contribution in [-0.4, -0.2) is 53.4 Å². The molecule has 2 unspecified atom stereocenters. The molecule has 2 saturated heterocycles. The smallest absolute Gasteiger partial charge is 0.279 e. The summed E-state index contributed by atoms with van der Waals surface area (Å²) >= 11 is 1.56. The Morgan fingerprint density at radius 2 is 1.79 bits per heavy atom. The van der Waals surface area contributed by atoms with Gasteiger partial charge in [0.1, 0.15) is 5.75 Å². The van der Waals surface area contributed by atoms with Gasteiger partial charge in [-0.3, -0.25) is 9.69 Å². The first-order valence-corrected chi connectivity index (χ1v) is 10.8. The number of nitrogens with two attached hydrogens (primary N) is 1. The summed E-state index contributed by atoms with van der Waals surface area (Å²) in [6.45, 7) is 4.85. The maximum Gasteiger partial charge on any atom is 0.279 e. The van der Waals surface area contributed by atoms with Gasteiger partial charge in [0.15, 0.2) is 0 Å². The highest BCUT2D eigenvalue weighted by molar-refractivity contribution is 7.20. The number of likely N-dealkylation sites (tertiary alicyclic amines) is 2. The number of para-hydroxylation sites is 1. The van der Waals surface area contributed by atoms with Gasteiger partial charge in [-0.1, -0.05) is 35.6 Å². The van der Waals surface area contributed by atoms with Gasteiger partial charge in [-0.2, -0.15) is 0 Å². The molecule has 2 aromatic carbocycles. The second kappa shape index (κ2) is 7.74. The number of fused-ring (bicyclic) bond motifs is 2. The quantitative estimate of drug-likeness (QED) is 0.703. The molecule has 0 bridgehead atoms. The van der Waals surface area contributed by atoms with E-state index >= 15 is 0 Å². The van der Waals surface area contributed by atoms with Gasteiger partial charge in [0, 0.05) is 32.7 Å². The zero-order valence-electron chi connectivity index (χ0n) is 16.2. The van der Waals surface area contributed by atoms with E-state index in [9.17, 15) is 4.79 Å². The molecule has 0 radical (unpaired) electrons. The maximum absolute atomic E-state index is 11.8. The fourth-order valence-corrected chi connectivity index (χ4v) is 5.30. The summed E-state index contributed by atoms with van der Waals surface area (Å²) in [7, 11) is 0. The minimum absolute atomic E-state index is 0.0784. The van der Waals surface area contributed by atoms with Gasteiger partial charge < -0.3 is 15.4 Å². The van der Waals surface area contributed by atoms with Crippen LogP contribution in [0.1, 0.15) is 5.56 Å². The predicted molar refractivity (Wildman–Crippen MR) is 114 cm³/mol. The van der Waals surface area contributed by atoms with Crippen LogP contribution in [0, 0.1) is 11.8 Å². The molecule has 2 N–H and O–H groups in total. The Hall–Kier alpha value is -2.48. The van der Waals surface area contributed by atoms with E-state index < -0.39 is 0 Å². The normalized spacial score (nSPS) is 21.6. The van der Waals surface area contributed by atoms with Crippen LogP contribution in [0.4, 0.5) is 0 Å². The molecule has 2 atom stereocenters. The number of carbonyl (C=O) groups excluding carboxylic acids is 1. The number of benzene rings is 2. The van der Waals surface area contributed by atoms with Gasteiger partial charge in [-0.15, -0.1) is 0 Å². The number of rotatable bonds is 5. The van der Waals surface area contributed by atoms with E-state index in [1.165, 1.54) is 5.56 Å². The van der Waals surface area contributed by atoms with Crippen molar-refractivity contribution in [3.63, 3.8) is 0 Å². The maximum atomic E-state index is 11.8. The van der Waals surface area contributed by atoms with Crippen LogP contribution >= 0.6 is 11.3 Å². The van der Waals surface area contributed by atoms with Crippen molar-refractivity contribution in [1.82, 2.24) is 14.8 Å². The Morgan fingerprint density at radius 3 is 2.48 bits per heavy atom. The third-order valence-corrected chi connectivity index (χ3v) is 6.81. The van der Waals surface area contributed by atoms with Crippen molar-refractivity contribution in [2.45, 2.75) is 6.54 Å². The first-order chi connectivity index (χ1) is 14.2. The topological polar surface area (TPSA) is 71.7 Å². The minimum atomic E-state index is 0.0784. The lowest BCUT2D eigenvalue weighted by atomic mass is 10.0. The van der Waals surface area contributed by atoms with Crippen LogP contribution in [0.2, 0.25) is 0 Å². The summed E-state index contributed by atoms with van der Waals surface area (Å²) < 4.78 is 7.07. The predicted octanol–water partition coefficient (Wildman–Crippen LogP) is 2.94. The molecule has 3 heterocycles. The number of aromatic nitrogens is 1. The summed E-state index contributed by atoms with van der Waals surface area (Å²) in [5.74, 6) is 2.04. The molecule has 1 amide bonds. The summed E-state index contributed by atoms with van der Waals surface area (Å²) in [6.07, 6.45) is 0. The molecule has 2 aliphatic rings. The number of amides is 1. The standard InChI is InChI=1S/C22H24N4O2S/c23-9-21(27)26-13-16-11-25(12-17(16)14-26)10-15-5-7-18(8-6-15)28-22-24-19-3-1-2-4-20(19)29-22/h1-8,16-17H,9-14,23H2. The molecule has 29 heavy (non-hydrogen) atoms. The van der Waals surface area contributed by atoms with E-state index in [2.05, 4.69) is 28.1 Å². The van der Waals surface area contributed by atoms with Gasteiger partial charge >= 0.3 is 0 Å². The summed E-state index contributed by atoms with van der Waals surface area (Å²) in [6, 6.07) is 16.3. The molecule has 6 nitrogen and oxygen atoms in total. The number of ether oxygens (including phenoxy) is 1. The highest BCUT2D eigenvalue weighted by Gasteiger charge is 2.40. The first-order valence-electron chi connectivity index (χ1n) is 10.0. The third kappa shape index (κ3) is 3.85. The van der Waals surface area contributed by atoms with Crippen molar-refractivity contribution in [2.24, 2.45) is 17.6 Å². The number of hydrogen-bond acceptors (Lipinski definition) is 6. The molecular formula is C22H24N4O2S. The SMILES string of the molecule is NCC(=O)N1CC2CN(Cc3ccc(Oc4nc5ccccc5s4)cc3)CC2C1. The number of thiazole rings is 1. The fraction of sp³-hybridized carbons (Fsp3) is 0.364. The van der Waals surface area contributed by atoms with E-state index in [0.29, 0.717) is 17.0 Å². The average Bonchev–Trinajstić information content (AvgIpc) is 3.41. The van der Waals surface area contributed by atoms with Crippen molar-refractivity contribution >= 4 is 27.5 Å². The molecule has 0 aliphatic carbocycles. The van der Waals surface area contributed by atoms with E-state index in [1.54, 1.807) is 11.3 Å². The zero-order chi connectivity index (χ0) is 19.8. The molecule has 3 aromatic rings. The lowest BCUT2D eigenvalue weighted by Crippen LogP contribution is -2.36. The second-order valence-corrected chi connectivity index (χ2v) is 8.90. The van der Waals surface area contributed by atoms with E-state index in [4.69, 9.17) is 10.5 Å². The Bertz CT molecular complexity index is 972. The van der Waals surface area contributed by atoms with E-state index in [0.717, 1.165) is 48.7 Å². The second-order valence-electron chi connectivity index (χ2n) is 7.91. The largest absolute Gasteiger partial charge is 0.431 e. The van der Waals surface area contributed by atoms with Crippen LogP contribution in [0.25, 0.3) is 10.2 Å².